The van der Waals surface area contributed by atoms with Crippen molar-refractivity contribution in [3.05, 3.63) is 41.2 Å². The molecule has 0 radical (unpaired) electrons. The first-order valence-corrected chi connectivity index (χ1v) is 11.5. The van der Waals surface area contributed by atoms with E-state index in [1.165, 1.54) is 22.0 Å². The van der Waals surface area contributed by atoms with Crippen LogP contribution in [0.1, 0.15) is 61.4 Å². The van der Waals surface area contributed by atoms with Crippen molar-refractivity contribution in [2.45, 2.75) is 56.5 Å². The highest BCUT2D eigenvalue weighted by molar-refractivity contribution is 8.00. The summed E-state index contributed by atoms with van der Waals surface area (Å²) in [6, 6.07) is 8.55. The summed E-state index contributed by atoms with van der Waals surface area (Å²) in [6.45, 7) is 10.8. The van der Waals surface area contributed by atoms with E-state index in [-0.39, 0.29) is 23.1 Å². The molecule has 8 heteroatoms. The Kier molecular flexibility index (Phi) is 5.97. The molecule has 0 N–H and O–H groups in total. The molecule has 30 heavy (non-hydrogen) atoms. The second-order valence-electron chi connectivity index (χ2n) is 8.26. The van der Waals surface area contributed by atoms with Crippen molar-refractivity contribution in [1.82, 2.24) is 24.6 Å². The van der Waals surface area contributed by atoms with E-state index in [9.17, 15) is 9.59 Å². The first kappa shape index (κ1) is 21.1. The van der Waals surface area contributed by atoms with Crippen LogP contribution < -0.4 is 0 Å². The van der Waals surface area contributed by atoms with Crippen LogP contribution in [0.25, 0.3) is 0 Å². The third-order valence-corrected chi connectivity index (χ3v) is 7.19. The lowest BCUT2D eigenvalue weighted by Gasteiger charge is -2.40. The Labute approximate surface area is 181 Å². The average Bonchev–Trinajstić information content (AvgIpc) is 3.28. The highest BCUT2D eigenvalue weighted by Crippen LogP contribution is 2.41. The number of thioether (sulfide) groups is 1. The van der Waals surface area contributed by atoms with Gasteiger partial charge < -0.3 is 4.90 Å². The van der Waals surface area contributed by atoms with Crippen LogP contribution in [0.4, 0.5) is 0 Å². The molecule has 7 nitrogen and oxygen atoms in total. The fourth-order valence-corrected chi connectivity index (χ4v) is 5.44. The summed E-state index contributed by atoms with van der Waals surface area (Å²) >= 11 is 1.51. The van der Waals surface area contributed by atoms with Crippen molar-refractivity contribution in [3.8, 4) is 0 Å². The molecule has 0 aliphatic carbocycles. The summed E-state index contributed by atoms with van der Waals surface area (Å²) in [5.74, 6) is 1.27. The number of rotatable bonds is 5. The van der Waals surface area contributed by atoms with E-state index in [1.807, 2.05) is 11.8 Å². The van der Waals surface area contributed by atoms with Gasteiger partial charge in [-0.15, -0.1) is 5.10 Å². The van der Waals surface area contributed by atoms with Gasteiger partial charge in [0.05, 0.1) is 6.04 Å². The minimum atomic E-state index is -0.292. The lowest BCUT2D eigenvalue weighted by molar-refractivity contribution is -0.130. The van der Waals surface area contributed by atoms with Gasteiger partial charge in [0.1, 0.15) is 5.25 Å². The van der Waals surface area contributed by atoms with Crippen molar-refractivity contribution in [2.24, 2.45) is 0 Å². The quantitative estimate of drug-likeness (QED) is 0.731. The second kappa shape index (κ2) is 8.51. The molecule has 160 valence electrons. The van der Waals surface area contributed by atoms with E-state index in [0.29, 0.717) is 36.4 Å². The average molecular weight is 428 g/mol. The monoisotopic (exact) mass is 427 g/mol. The summed E-state index contributed by atoms with van der Waals surface area (Å²) < 4.78 is 1.48. The molecular formula is C22H29N5O2S. The van der Waals surface area contributed by atoms with Gasteiger partial charge in [-0.3, -0.25) is 14.5 Å². The molecule has 1 aromatic heterocycles. The molecule has 2 unspecified atom stereocenters. The van der Waals surface area contributed by atoms with Gasteiger partial charge >= 0.3 is 0 Å². The number of nitrogens with zero attached hydrogens (tertiary/aromatic N) is 5. The molecule has 1 amide bonds. The Balaban J connectivity index is 1.63. The molecule has 2 atom stereocenters. The zero-order chi connectivity index (χ0) is 21.4. The van der Waals surface area contributed by atoms with E-state index in [4.69, 9.17) is 0 Å². The number of hydrogen-bond donors (Lipinski definition) is 0. The van der Waals surface area contributed by atoms with Gasteiger partial charge in [-0.05, 0) is 17.0 Å². The molecule has 0 spiro atoms. The van der Waals surface area contributed by atoms with Gasteiger partial charge in [0.15, 0.2) is 11.0 Å². The van der Waals surface area contributed by atoms with Crippen LogP contribution in [0.5, 0.6) is 0 Å². The van der Waals surface area contributed by atoms with Crippen molar-refractivity contribution >= 4 is 23.6 Å². The first-order valence-electron chi connectivity index (χ1n) is 10.6. The molecular weight excluding hydrogens is 398 g/mol. The Morgan fingerprint density at radius 2 is 1.77 bits per heavy atom. The standard InChI is InChI=1S/C22H29N5O2S/c1-5-18-23-22-27(24-18)21(29)20(30-22)19(17-8-6-16(7-9-17)14(2)3)26-12-10-25(11-13-26)15(4)28/h6-9,14,19-20H,5,10-13H2,1-4H3. The molecule has 2 aliphatic heterocycles. The van der Waals surface area contributed by atoms with Gasteiger partial charge in [-0.1, -0.05) is 56.8 Å². The van der Waals surface area contributed by atoms with Gasteiger partial charge in [0.2, 0.25) is 5.91 Å². The maximum Gasteiger partial charge on any atom is 0.264 e. The number of aromatic nitrogens is 3. The SMILES string of the molecule is CCc1nc2n(n1)C(=O)C(C(c1ccc(C(C)C)cc1)N1CCN(C(C)=O)CC1)S2. The first-order chi connectivity index (χ1) is 14.4. The zero-order valence-corrected chi connectivity index (χ0v) is 18.9. The van der Waals surface area contributed by atoms with Crippen LogP contribution >= 0.6 is 11.8 Å². The fourth-order valence-electron chi connectivity index (χ4n) is 4.16. The summed E-state index contributed by atoms with van der Waals surface area (Å²) in [4.78, 5) is 33.8. The van der Waals surface area contributed by atoms with Gasteiger partial charge in [0.25, 0.3) is 5.91 Å². The van der Waals surface area contributed by atoms with Crippen LogP contribution in [0.2, 0.25) is 0 Å². The maximum atomic E-state index is 13.3. The Morgan fingerprint density at radius 1 is 1.13 bits per heavy atom. The minimum absolute atomic E-state index is 0.00543. The fraction of sp³-hybridized carbons (Fsp3) is 0.545. The van der Waals surface area contributed by atoms with E-state index < -0.39 is 0 Å². The zero-order valence-electron chi connectivity index (χ0n) is 18.0. The number of benzene rings is 1. The summed E-state index contributed by atoms with van der Waals surface area (Å²) in [5.41, 5.74) is 2.41. The molecule has 1 saturated heterocycles. The number of carbonyl (C=O) groups is 2. The van der Waals surface area contributed by atoms with Crippen molar-refractivity contribution in [1.29, 1.82) is 0 Å². The van der Waals surface area contributed by atoms with Gasteiger partial charge in [0, 0.05) is 39.5 Å². The molecule has 1 fully saturated rings. The summed E-state index contributed by atoms with van der Waals surface area (Å²) in [7, 11) is 0. The van der Waals surface area contributed by atoms with E-state index in [0.717, 1.165) is 18.7 Å². The number of aryl methyl sites for hydroxylation is 1. The molecule has 3 heterocycles. The van der Waals surface area contributed by atoms with E-state index >= 15 is 0 Å². The summed E-state index contributed by atoms with van der Waals surface area (Å²) in [5, 5.41) is 4.79. The topological polar surface area (TPSA) is 71.3 Å². The second-order valence-corrected chi connectivity index (χ2v) is 9.37. The lowest BCUT2D eigenvalue weighted by atomic mass is 9.96. The van der Waals surface area contributed by atoms with Crippen LogP contribution in [-0.4, -0.2) is 67.8 Å². The molecule has 4 rings (SSSR count). The largest absolute Gasteiger partial charge is 0.340 e. The number of piperazine rings is 1. The highest BCUT2D eigenvalue weighted by atomic mass is 32.2. The number of hydrogen-bond acceptors (Lipinski definition) is 6. The van der Waals surface area contributed by atoms with Crippen LogP contribution in [0.3, 0.4) is 0 Å². The maximum absolute atomic E-state index is 13.3. The predicted molar refractivity (Wildman–Crippen MR) is 117 cm³/mol. The van der Waals surface area contributed by atoms with E-state index in [2.05, 4.69) is 53.1 Å². The molecule has 2 aromatic rings. The number of carbonyl (C=O) groups excluding carboxylic acids is 2. The van der Waals surface area contributed by atoms with Crippen LogP contribution in [0.15, 0.2) is 29.4 Å². The molecule has 2 aliphatic rings. The highest BCUT2D eigenvalue weighted by Gasteiger charge is 2.43. The van der Waals surface area contributed by atoms with Gasteiger partial charge in [-0.25, -0.2) is 4.98 Å². The normalized spacial score (nSPS) is 20.6. The Hall–Kier alpha value is -2.19. The lowest BCUT2D eigenvalue weighted by Crippen LogP contribution is -2.51. The third kappa shape index (κ3) is 3.90. The molecule has 0 bridgehead atoms. The molecule has 1 aromatic carbocycles. The van der Waals surface area contributed by atoms with Crippen LogP contribution in [0, 0.1) is 0 Å². The minimum Gasteiger partial charge on any atom is -0.340 e. The van der Waals surface area contributed by atoms with E-state index in [1.54, 1.807) is 6.92 Å². The Bertz CT molecular complexity index is 932. The van der Waals surface area contributed by atoms with Gasteiger partial charge in [-0.2, -0.15) is 4.68 Å². The number of fused-ring (bicyclic) bond motifs is 1. The van der Waals surface area contributed by atoms with Crippen molar-refractivity contribution < 1.29 is 9.59 Å². The van der Waals surface area contributed by atoms with Crippen LogP contribution in [-0.2, 0) is 11.2 Å². The van der Waals surface area contributed by atoms with Crippen molar-refractivity contribution in [2.75, 3.05) is 26.2 Å². The predicted octanol–water partition coefficient (Wildman–Crippen LogP) is 2.98. The Morgan fingerprint density at radius 3 is 2.30 bits per heavy atom. The smallest absolute Gasteiger partial charge is 0.264 e. The molecule has 0 saturated carbocycles. The van der Waals surface area contributed by atoms with Crippen molar-refractivity contribution in [3.63, 3.8) is 0 Å². The number of amides is 1. The third-order valence-electron chi connectivity index (χ3n) is 6.01. The summed E-state index contributed by atoms with van der Waals surface area (Å²) in [6.07, 6.45) is 0.714.